The fraction of sp³-hybridized carbons (Fsp3) is 0.596. The number of piperazine rings is 1. The lowest BCUT2D eigenvalue weighted by atomic mass is 9.84. The van der Waals surface area contributed by atoms with Gasteiger partial charge in [-0.3, -0.25) is 29.3 Å². The fourth-order valence-corrected chi connectivity index (χ4v) is 13.0. The summed E-state index contributed by atoms with van der Waals surface area (Å²) in [5.74, 6) is -2.66. The van der Waals surface area contributed by atoms with Gasteiger partial charge in [-0.1, -0.05) is 26.8 Å². The van der Waals surface area contributed by atoms with Crippen molar-refractivity contribution in [3.05, 3.63) is 76.1 Å². The number of nitrogens with one attached hydrogen (secondary N) is 2. The molecule has 78 heavy (non-hydrogen) atoms. The van der Waals surface area contributed by atoms with E-state index in [1.807, 2.05) is 31.5 Å². The number of ether oxygens (including phenoxy) is 5. The average molecular weight is 1100 g/mol. The number of hydrazine groups is 1. The second kappa shape index (κ2) is 23.3. The van der Waals surface area contributed by atoms with Crippen LogP contribution in [0.4, 0.5) is 14.5 Å². The van der Waals surface area contributed by atoms with Crippen molar-refractivity contribution in [1.29, 1.82) is 0 Å². The number of aromatic nitrogens is 5. The lowest BCUT2D eigenvalue weighted by molar-refractivity contribution is -0.157. The number of halogens is 2. The molecule has 18 nitrogen and oxygen atoms in total. The third kappa shape index (κ3) is 11.7. The molecule has 6 bridgehead atoms. The Morgan fingerprint density at radius 3 is 2.58 bits per heavy atom. The van der Waals surface area contributed by atoms with E-state index in [0.29, 0.717) is 63.1 Å². The molecule has 7 atom stereocenters. The van der Waals surface area contributed by atoms with Crippen LogP contribution in [0.15, 0.2) is 54.2 Å². The summed E-state index contributed by atoms with van der Waals surface area (Å²) in [5, 5.41) is 15.5. The average Bonchev–Trinajstić information content (AvgIpc) is 4.54. The first-order chi connectivity index (χ1) is 37.7. The zero-order chi connectivity index (χ0) is 54.2. The standard InChI is InChI=1S/C57H72F2N10O8S/c1-33-47(42-8-6-16-61-64-42)48(33)53(70)63-50-52(76-30-46(58)59)54-62-44(31-78-54)35-10-13-45-39(26-35)41(28-57(3,4)32-77-56(72)43-9-7-17-69(65-43)55(50)71)51(68(45)22-25-75-38-14-23-74-24-15-38)40-27-37(29-60-49(40)34(2)73-5)67-20-18-66(19-21-67)36-11-12-36/h6,8,10,13,16,26-27,29,31,33-34,36,38,43,46-48,50,52,65H,7,9,11-12,14-15,17-25,28,30,32H2,1-5H3,(H,63,70)/t33-,34+,43+,47-,48?,50+,52+/m1/s1. The van der Waals surface area contributed by atoms with Crippen LogP contribution in [0, 0.1) is 17.3 Å². The zero-order valence-electron chi connectivity index (χ0n) is 45.2. The predicted octanol–water partition coefficient (Wildman–Crippen LogP) is 7.28. The number of esters is 1. The van der Waals surface area contributed by atoms with Crippen LogP contribution in [0.2, 0.25) is 0 Å². The van der Waals surface area contributed by atoms with Crippen molar-refractivity contribution in [3.63, 3.8) is 0 Å². The number of carbonyl (C=O) groups is 3. The summed E-state index contributed by atoms with van der Waals surface area (Å²) in [6, 6.07) is 10.3. The summed E-state index contributed by atoms with van der Waals surface area (Å²) < 4.78 is 61.6. The number of methoxy groups -OCH3 is 1. The molecule has 0 spiro atoms. The zero-order valence-corrected chi connectivity index (χ0v) is 46.0. The first-order valence-corrected chi connectivity index (χ1v) is 28.7. The molecule has 11 rings (SSSR count). The van der Waals surface area contributed by atoms with E-state index in [1.54, 1.807) is 25.4 Å². The number of anilines is 1. The van der Waals surface area contributed by atoms with E-state index in [0.717, 1.165) is 95.0 Å². The Morgan fingerprint density at radius 1 is 1.03 bits per heavy atom. The molecule has 2 aliphatic carbocycles. The number of pyridine rings is 1. The highest BCUT2D eigenvalue weighted by Crippen LogP contribution is 2.53. The molecule has 2 amide bonds. The number of rotatable bonds is 15. The van der Waals surface area contributed by atoms with Gasteiger partial charge in [0.1, 0.15) is 29.8 Å². The lowest BCUT2D eigenvalue weighted by Crippen LogP contribution is -2.61. The molecular formula is C57H72F2N10O8S. The number of alkyl halides is 2. The Hall–Kier alpha value is -5.55. The minimum atomic E-state index is -2.90. The van der Waals surface area contributed by atoms with E-state index < -0.39 is 60.3 Å². The van der Waals surface area contributed by atoms with E-state index >= 15 is 0 Å². The topological polar surface area (TPSA) is 188 Å². The fourth-order valence-electron chi connectivity index (χ4n) is 12.0. The second-order valence-corrected chi connectivity index (χ2v) is 23.6. The molecule has 5 fully saturated rings. The highest BCUT2D eigenvalue weighted by molar-refractivity contribution is 7.10. The molecule has 2 saturated carbocycles. The number of fused-ring (bicyclic) bond motifs is 6. The van der Waals surface area contributed by atoms with Gasteiger partial charge >= 0.3 is 5.97 Å². The highest BCUT2D eigenvalue weighted by atomic mass is 32.1. The number of carbonyl (C=O) groups excluding carboxylic acids is 3. The van der Waals surface area contributed by atoms with Gasteiger partial charge in [-0.15, -0.1) is 11.3 Å². The van der Waals surface area contributed by atoms with Gasteiger partial charge in [0, 0.05) is 116 Å². The molecule has 6 aliphatic rings. The molecule has 4 aromatic heterocycles. The van der Waals surface area contributed by atoms with Crippen molar-refractivity contribution in [2.45, 2.75) is 128 Å². The maximum absolute atomic E-state index is 15.0. The molecule has 0 radical (unpaired) electrons. The Kier molecular flexibility index (Phi) is 16.2. The minimum absolute atomic E-state index is 0.0473. The monoisotopic (exact) mass is 1090 g/mol. The van der Waals surface area contributed by atoms with Gasteiger partial charge in [0.05, 0.1) is 60.1 Å². The highest BCUT2D eigenvalue weighted by Gasteiger charge is 2.55. The number of amides is 2. The van der Waals surface area contributed by atoms with Gasteiger partial charge in [-0.25, -0.2) is 19.2 Å². The summed E-state index contributed by atoms with van der Waals surface area (Å²) in [7, 11) is 1.70. The largest absolute Gasteiger partial charge is 0.464 e. The van der Waals surface area contributed by atoms with Crippen LogP contribution in [0.3, 0.4) is 0 Å². The summed E-state index contributed by atoms with van der Waals surface area (Å²) in [4.78, 5) is 59.0. The smallest absolute Gasteiger partial charge is 0.324 e. The van der Waals surface area contributed by atoms with Gasteiger partial charge in [0.15, 0.2) is 0 Å². The quantitative estimate of drug-likeness (QED) is 0.0995. The Bertz CT molecular complexity index is 2940. The number of hydrogen-bond acceptors (Lipinski definition) is 16. The molecule has 2 N–H and O–H groups in total. The number of cyclic esters (lactones) is 1. The summed E-state index contributed by atoms with van der Waals surface area (Å²) >= 11 is 1.16. The van der Waals surface area contributed by atoms with E-state index in [2.05, 4.69) is 67.4 Å². The first kappa shape index (κ1) is 54.4. The van der Waals surface area contributed by atoms with Crippen molar-refractivity contribution >= 4 is 45.7 Å². The second-order valence-electron chi connectivity index (χ2n) is 22.7. The SMILES string of the molecule is CO[C@@H](C)c1ncc(N2CCN(C3CC3)CC2)cc1-c1c2c3cc(ccc3n1CCOC1CCOCC1)-c1csc(n1)[C@@H](OCC(F)F)[C@H](NC(=O)C1[C@@H](c3cccnn3)[C@H]1C)C(=O)N1CCC[C@H](N1)C(=O)OCC(C)(C)C2. The third-order valence-electron chi connectivity index (χ3n) is 16.6. The van der Waals surface area contributed by atoms with Crippen LogP contribution in [-0.2, 0) is 51.0 Å². The number of hydrogen-bond donors (Lipinski definition) is 2. The van der Waals surface area contributed by atoms with Gasteiger partial charge < -0.3 is 38.5 Å². The first-order valence-electron chi connectivity index (χ1n) is 27.8. The van der Waals surface area contributed by atoms with Gasteiger partial charge in [0.2, 0.25) is 5.91 Å². The predicted molar refractivity (Wildman–Crippen MR) is 289 cm³/mol. The van der Waals surface area contributed by atoms with Crippen LogP contribution in [0.25, 0.3) is 33.4 Å². The van der Waals surface area contributed by atoms with Crippen molar-refractivity contribution in [2.24, 2.45) is 17.3 Å². The van der Waals surface area contributed by atoms with Crippen molar-refractivity contribution in [3.8, 4) is 22.5 Å². The molecule has 418 valence electrons. The minimum Gasteiger partial charge on any atom is -0.464 e. The molecule has 3 saturated heterocycles. The Balaban J connectivity index is 1.04. The molecule has 8 heterocycles. The maximum atomic E-state index is 15.0. The van der Waals surface area contributed by atoms with Crippen LogP contribution < -0.4 is 15.6 Å². The van der Waals surface area contributed by atoms with E-state index in [4.69, 9.17) is 33.7 Å². The molecule has 4 aliphatic heterocycles. The van der Waals surface area contributed by atoms with Crippen LogP contribution in [0.5, 0.6) is 0 Å². The van der Waals surface area contributed by atoms with Crippen LogP contribution in [0.1, 0.15) is 106 Å². The summed E-state index contributed by atoms with van der Waals surface area (Å²) in [5.41, 5.74) is 10.1. The van der Waals surface area contributed by atoms with Crippen molar-refractivity contribution < 1.29 is 46.8 Å². The normalized spacial score (nSPS) is 25.7. The molecule has 1 unspecified atom stereocenters. The van der Waals surface area contributed by atoms with Gasteiger partial charge in [-0.2, -0.15) is 10.2 Å². The van der Waals surface area contributed by atoms with Gasteiger partial charge in [0.25, 0.3) is 12.3 Å². The van der Waals surface area contributed by atoms with Crippen molar-refractivity contribution in [2.75, 3.05) is 77.8 Å². The summed E-state index contributed by atoms with van der Waals surface area (Å²) in [6.07, 6.45) is 4.34. The molecule has 1 aromatic carbocycles. The van der Waals surface area contributed by atoms with E-state index in [1.165, 1.54) is 17.9 Å². The van der Waals surface area contributed by atoms with E-state index in [9.17, 15) is 23.2 Å². The molecular weight excluding hydrogens is 1020 g/mol. The van der Waals surface area contributed by atoms with Crippen LogP contribution >= 0.6 is 11.3 Å². The third-order valence-corrected chi connectivity index (χ3v) is 17.5. The summed E-state index contributed by atoms with van der Waals surface area (Å²) in [6.45, 7) is 13.3. The lowest BCUT2D eigenvalue weighted by Gasteiger charge is -2.37. The number of benzene rings is 1. The Labute approximate surface area is 457 Å². The molecule has 5 aromatic rings. The van der Waals surface area contributed by atoms with Crippen molar-refractivity contribution in [1.82, 2.24) is 45.4 Å². The van der Waals surface area contributed by atoms with Gasteiger partial charge in [-0.05, 0) is 93.7 Å². The number of nitrogens with zero attached hydrogens (tertiary/aromatic N) is 8. The molecule has 21 heteroatoms. The maximum Gasteiger partial charge on any atom is 0.324 e. The number of thiazole rings is 1. The van der Waals surface area contributed by atoms with E-state index in [-0.39, 0.29) is 42.2 Å². The Morgan fingerprint density at radius 2 is 1.83 bits per heavy atom. The van der Waals surface area contributed by atoms with Crippen LogP contribution in [-0.4, -0.2) is 156 Å².